The number of esters is 1. The number of carbonyl (C=O) groups is 4. The lowest BCUT2D eigenvalue weighted by atomic mass is 9.74. The Kier molecular flexibility index (Phi) is 9.13. The van der Waals surface area contributed by atoms with E-state index in [0.717, 1.165) is 5.56 Å². The molecule has 46 heavy (non-hydrogen) atoms. The molecule has 0 radical (unpaired) electrons. The Morgan fingerprint density at radius 1 is 1.09 bits per heavy atom. The molecule has 6 rings (SSSR count). The van der Waals surface area contributed by atoms with E-state index < -0.39 is 66.1 Å². The van der Waals surface area contributed by atoms with Gasteiger partial charge in [-0.1, -0.05) is 82.1 Å². The Labute approximate surface area is 280 Å². The highest BCUT2D eigenvalue weighted by molar-refractivity contribution is 9.11. The second kappa shape index (κ2) is 12.9. The molecule has 2 aromatic carbocycles. The summed E-state index contributed by atoms with van der Waals surface area (Å²) in [5.41, 5.74) is 0.264. The first-order valence-electron chi connectivity index (χ1n) is 15.3. The third-order valence-electron chi connectivity index (χ3n) is 9.18. The predicted octanol–water partition coefficient (Wildman–Crippen LogP) is 3.99. The number of cyclic esters (lactones) is 1. The first-order valence-corrected chi connectivity index (χ1v) is 16.5. The van der Waals surface area contributed by atoms with Crippen LogP contribution in [0.2, 0.25) is 5.02 Å². The van der Waals surface area contributed by atoms with Crippen LogP contribution in [0.25, 0.3) is 0 Å². The fraction of sp³-hybridized carbons (Fsp3) is 0.412. The molecule has 2 saturated heterocycles. The molecule has 2 aromatic rings. The molecule has 7 atom stereocenters. The normalized spacial score (nSPS) is 31.3. The quantitative estimate of drug-likeness (QED) is 0.363. The van der Waals surface area contributed by atoms with Crippen LogP contribution in [0.15, 0.2) is 71.2 Å². The minimum Gasteiger partial charge on any atom is -0.460 e. The number of aliphatic hydroxyl groups is 1. The Hall–Kier alpha value is -3.51. The number of likely N-dealkylation sites (tertiary alicyclic amines) is 1. The number of rotatable bonds is 4. The van der Waals surface area contributed by atoms with Gasteiger partial charge in [-0.05, 0) is 43.5 Å². The summed E-state index contributed by atoms with van der Waals surface area (Å²) in [5, 5.41) is 13.9. The molecular formula is C34H35BrClN3O7. The molecule has 5 bridgehead atoms. The van der Waals surface area contributed by atoms with Crippen LogP contribution in [0.4, 0.5) is 5.69 Å². The maximum absolute atomic E-state index is 15.2. The Bertz CT molecular complexity index is 1600. The summed E-state index contributed by atoms with van der Waals surface area (Å²) < 4.78 is 12.9. The van der Waals surface area contributed by atoms with E-state index in [1.54, 1.807) is 55.5 Å². The van der Waals surface area contributed by atoms with E-state index in [-0.39, 0.29) is 25.4 Å². The fourth-order valence-electron chi connectivity index (χ4n) is 7.15. The summed E-state index contributed by atoms with van der Waals surface area (Å²) >= 11 is 10.3. The van der Waals surface area contributed by atoms with Crippen LogP contribution in [-0.2, 0) is 28.7 Å². The van der Waals surface area contributed by atoms with Gasteiger partial charge in [0, 0.05) is 17.4 Å². The van der Waals surface area contributed by atoms with Crippen molar-refractivity contribution in [3.8, 4) is 0 Å². The van der Waals surface area contributed by atoms with Gasteiger partial charge in [0.25, 0.3) is 5.91 Å². The number of hydrogen-bond acceptors (Lipinski definition) is 7. The van der Waals surface area contributed by atoms with Crippen LogP contribution in [-0.4, -0.2) is 77.2 Å². The lowest BCUT2D eigenvalue weighted by Gasteiger charge is -2.39. The van der Waals surface area contributed by atoms with Crippen molar-refractivity contribution in [1.82, 2.24) is 10.2 Å². The first kappa shape index (κ1) is 32.4. The zero-order valence-electron chi connectivity index (χ0n) is 25.4. The summed E-state index contributed by atoms with van der Waals surface area (Å²) in [6.07, 6.45) is 4.40. The summed E-state index contributed by atoms with van der Waals surface area (Å²) in [6.45, 7) is 3.20. The molecule has 3 amide bonds. The molecule has 2 fully saturated rings. The minimum atomic E-state index is -1.55. The fourth-order valence-corrected chi connectivity index (χ4v) is 8.21. The largest absolute Gasteiger partial charge is 0.460 e. The van der Waals surface area contributed by atoms with E-state index >= 15 is 4.79 Å². The van der Waals surface area contributed by atoms with E-state index in [1.807, 2.05) is 25.1 Å². The number of nitrogens with one attached hydrogen (secondary N) is 1. The monoisotopic (exact) mass is 711 g/mol. The molecule has 0 aromatic heterocycles. The van der Waals surface area contributed by atoms with Crippen molar-refractivity contribution in [3.05, 3.63) is 87.4 Å². The zero-order chi connectivity index (χ0) is 32.7. The molecule has 4 aliphatic rings. The second-order valence-electron chi connectivity index (χ2n) is 12.1. The molecule has 0 unspecified atom stereocenters. The predicted molar refractivity (Wildman–Crippen MR) is 174 cm³/mol. The number of fused-ring (bicyclic) bond motifs is 2. The Balaban J connectivity index is 1.54. The van der Waals surface area contributed by atoms with Crippen LogP contribution >= 0.6 is 27.5 Å². The lowest BCUT2D eigenvalue weighted by Crippen LogP contribution is -2.57. The van der Waals surface area contributed by atoms with Crippen LogP contribution in [0.1, 0.15) is 36.9 Å². The highest BCUT2D eigenvalue weighted by Crippen LogP contribution is 2.60. The van der Waals surface area contributed by atoms with Gasteiger partial charge in [-0.2, -0.15) is 0 Å². The third kappa shape index (κ3) is 5.46. The summed E-state index contributed by atoms with van der Waals surface area (Å²) in [5.74, 6) is -4.06. The average molecular weight is 713 g/mol. The van der Waals surface area contributed by atoms with Gasteiger partial charge < -0.3 is 29.7 Å². The number of benzene rings is 2. The van der Waals surface area contributed by atoms with Gasteiger partial charge in [-0.3, -0.25) is 19.2 Å². The summed E-state index contributed by atoms with van der Waals surface area (Å²) in [4.78, 5) is 59.1. The zero-order valence-corrected chi connectivity index (χ0v) is 27.7. The molecule has 1 spiro atoms. The topological polar surface area (TPSA) is 125 Å². The third-order valence-corrected chi connectivity index (χ3v) is 10.2. The average Bonchev–Trinajstić information content (AvgIpc) is 3.62. The number of halogens is 2. The number of para-hydroxylation sites is 1. The maximum atomic E-state index is 15.2. The van der Waals surface area contributed by atoms with Crippen molar-refractivity contribution in [2.24, 2.45) is 11.8 Å². The number of aliphatic hydroxyl groups excluding tert-OH is 1. The second-order valence-corrected chi connectivity index (χ2v) is 13.4. The molecule has 4 aliphatic heterocycles. The number of nitrogens with zero attached hydrogens (tertiary/aromatic N) is 2. The number of hydrogen-bond donors (Lipinski definition) is 2. The molecule has 242 valence electrons. The number of allylic oxidation sites excluding steroid dienone is 1. The van der Waals surface area contributed by atoms with E-state index in [2.05, 4.69) is 21.2 Å². The Morgan fingerprint density at radius 3 is 2.57 bits per heavy atom. The highest BCUT2D eigenvalue weighted by atomic mass is 79.9. The van der Waals surface area contributed by atoms with E-state index in [9.17, 15) is 19.5 Å². The molecule has 10 nitrogen and oxygen atoms in total. The standard InChI is InChI=1S/C34H35BrClN3O7/c1-19-10-9-13-23(36)28(19)38-15-8-4-7-14-25(41)37-17-20(2)45-33(44)26-27-31(42)39(24(18-40)21-11-5-3-6-12-21)30(32(38)43)34(27)16-22(35)29(26)46-34/h3-6,8-13,16,20,24,26-27,29-30,40H,7,14-15,17-18H2,1-2H3,(H,37,41)/b8-4-/t20-,24+,26+,27-,29+,30+,34-/m0/s1. The lowest BCUT2D eigenvalue weighted by molar-refractivity contribution is -0.159. The summed E-state index contributed by atoms with van der Waals surface area (Å²) in [6, 6.07) is 12.1. The van der Waals surface area contributed by atoms with E-state index in [1.165, 1.54) is 9.80 Å². The van der Waals surface area contributed by atoms with Crippen molar-refractivity contribution in [2.75, 3.05) is 24.6 Å². The van der Waals surface area contributed by atoms with Crippen molar-refractivity contribution < 1.29 is 33.8 Å². The SMILES string of the molecule is Cc1cccc(Cl)c1N1C/C=C\CCC(=O)NC[C@H](C)OC(=O)[C@H]2[C@@H]3O[C@@]4(C=C3Br)[C@@H]2C(=O)N([C@H](CO)c2ccccc2)[C@@H]4C1=O. The van der Waals surface area contributed by atoms with Crippen LogP contribution in [0.3, 0.4) is 0 Å². The molecule has 0 saturated carbocycles. The number of amides is 3. The van der Waals surface area contributed by atoms with Crippen LogP contribution < -0.4 is 10.2 Å². The van der Waals surface area contributed by atoms with Crippen molar-refractivity contribution >= 4 is 56.9 Å². The molecule has 0 aliphatic carbocycles. The minimum absolute atomic E-state index is 0.0796. The number of aryl methyl sites for hydroxylation is 1. The highest BCUT2D eigenvalue weighted by Gasteiger charge is 2.75. The molecule has 4 heterocycles. The van der Waals surface area contributed by atoms with Gasteiger partial charge in [-0.25, -0.2) is 0 Å². The van der Waals surface area contributed by atoms with Gasteiger partial charge in [0.15, 0.2) is 0 Å². The van der Waals surface area contributed by atoms with Crippen molar-refractivity contribution in [2.45, 2.75) is 56.6 Å². The smallest absolute Gasteiger partial charge is 0.313 e. The van der Waals surface area contributed by atoms with Gasteiger partial charge >= 0.3 is 5.97 Å². The number of anilines is 1. The van der Waals surface area contributed by atoms with Gasteiger partial charge in [0.05, 0.1) is 35.8 Å². The first-order chi connectivity index (χ1) is 22.1. The van der Waals surface area contributed by atoms with Gasteiger partial charge in [0.2, 0.25) is 11.8 Å². The molecule has 2 N–H and O–H groups in total. The van der Waals surface area contributed by atoms with Gasteiger partial charge in [-0.15, -0.1) is 0 Å². The Morgan fingerprint density at radius 2 is 1.85 bits per heavy atom. The van der Waals surface area contributed by atoms with Crippen LogP contribution in [0, 0.1) is 18.8 Å². The van der Waals surface area contributed by atoms with Crippen molar-refractivity contribution in [3.63, 3.8) is 0 Å². The number of carbonyl (C=O) groups excluding carboxylic acids is 4. The molecule has 12 heteroatoms. The van der Waals surface area contributed by atoms with Gasteiger partial charge in [0.1, 0.15) is 29.8 Å². The number of ether oxygens (including phenoxy) is 2. The van der Waals surface area contributed by atoms with E-state index in [0.29, 0.717) is 27.2 Å². The van der Waals surface area contributed by atoms with E-state index in [4.69, 9.17) is 21.1 Å². The maximum Gasteiger partial charge on any atom is 0.313 e. The van der Waals surface area contributed by atoms with Crippen molar-refractivity contribution in [1.29, 1.82) is 0 Å². The summed E-state index contributed by atoms with van der Waals surface area (Å²) in [7, 11) is 0. The molecular weight excluding hydrogens is 678 g/mol. The van der Waals surface area contributed by atoms with Crippen LogP contribution in [0.5, 0.6) is 0 Å².